The van der Waals surface area contributed by atoms with Gasteiger partial charge in [0.1, 0.15) is 32.5 Å². The molecule has 76 heavy (non-hydrogen) atoms. The number of methoxy groups -OCH3 is 6. The van der Waals surface area contributed by atoms with E-state index in [1.54, 1.807) is 0 Å². The van der Waals surface area contributed by atoms with Crippen molar-refractivity contribution in [2.45, 2.75) is 9.79 Å². The molecule has 0 aliphatic heterocycles. The molecule has 0 radical (unpaired) electrons. The number of carbonyl (C=O) groups excluding carboxylic acids is 2. The number of azo groups is 2. The number of aromatic carboxylic acids is 2. The fraction of sp³-hybridized carbons (Fsp3) is 0.125. The summed E-state index contributed by atoms with van der Waals surface area (Å²) in [7, 11) is -3.01. The average Bonchev–Trinajstić information content (AvgIpc) is 3.38. The minimum atomic E-state index is -5.16. The molecule has 0 heterocycles. The van der Waals surface area contributed by atoms with Gasteiger partial charge in [0.25, 0.3) is 32.1 Å². The second-order valence-electron chi connectivity index (χ2n) is 15.5. The van der Waals surface area contributed by atoms with Crippen LogP contribution in [0.2, 0.25) is 0 Å². The number of fused-ring (bicyclic) bond motifs is 2. The summed E-state index contributed by atoms with van der Waals surface area (Å²) in [6, 6.07) is 17.0. The molecule has 0 fully saturated rings. The zero-order chi connectivity index (χ0) is 55.6. The Labute approximate surface area is 428 Å². The SMILES string of the molecule is COc1cc(C(=O)O)c(N=Nc2c(S(=O)(=O)O)cc3cc(NC(=O)c4ccc(C(=O)Nc5ccc6c(O)c(N=Nc7c(C(=O)O)cc(OC)c(OC)c7OC)c(S(=O)(=O)O)cc6c5)cc4)ccc3c2O)c(OC)c1OC. The maximum absolute atomic E-state index is 13.4. The van der Waals surface area contributed by atoms with E-state index in [0.717, 1.165) is 24.3 Å². The maximum Gasteiger partial charge on any atom is 0.338 e. The molecule has 7 rings (SSSR count). The Hall–Kier alpha value is -9.64. The predicted molar refractivity (Wildman–Crippen MR) is 268 cm³/mol. The highest BCUT2D eigenvalue weighted by Crippen LogP contribution is 2.51. The highest BCUT2D eigenvalue weighted by Gasteiger charge is 2.29. The summed E-state index contributed by atoms with van der Waals surface area (Å²) in [6.07, 6.45) is 0. The smallest absolute Gasteiger partial charge is 0.338 e. The van der Waals surface area contributed by atoms with Gasteiger partial charge in [0.05, 0.1) is 53.8 Å². The molecule has 0 saturated carbocycles. The topological polar surface area (TPSA) is 387 Å². The summed E-state index contributed by atoms with van der Waals surface area (Å²) in [5, 5.41) is 62.9. The Morgan fingerprint density at radius 2 is 0.776 bits per heavy atom. The van der Waals surface area contributed by atoms with Crippen molar-refractivity contribution in [3.8, 4) is 46.0 Å². The summed E-state index contributed by atoms with van der Waals surface area (Å²) in [5.74, 6) is -6.84. The summed E-state index contributed by atoms with van der Waals surface area (Å²) >= 11 is 0. The van der Waals surface area contributed by atoms with E-state index < -0.39 is 99.2 Å². The van der Waals surface area contributed by atoms with E-state index in [1.165, 1.54) is 103 Å². The molecular weight excluding hydrogens is 1040 g/mol. The summed E-state index contributed by atoms with van der Waals surface area (Å²) in [6.45, 7) is 0. The van der Waals surface area contributed by atoms with Crippen LogP contribution in [0.3, 0.4) is 0 Å². The third-order valence-electron chi connectivity index (χ3n) is 11.2. The molecule has 26 nitrogen and oxygen atoms in total. The molecule has 0 atom stereocenters. The van der Waals surface area contributed by atoms with Crippen molar-refractivity contribution in [3.63, 3.8) is 0 Å². The van der Waals surface area contributed by atoms with Gasteiger partial charge in [0.15, 0.2) is 34.5 Å². The number of aromatic hydroxyl groups is 2. The fourth-order valence-electron chi connectivity index (χ4n) is 7.63. The van der Waals surface area contributed by atoms with E-state index in [2.05, 4.69) is 31.1 Å². The van der Waals surface area contributed by atoms with Gasteiger partial charge in [-0.2, -0.15) is 16.8 Å². The van der Waals surface area contributed by atoms with Crippen molar-refractivity contribution in [3.05, 3.63) is 107 Å². The van der Waals surface area contributed by atoms with Gasteiger partial charge in [-0.1, -0.05) is 0 Å². The lowest BCUT2D eigenvalue weighted by molar-refractivity contribution is 0.0686. The summed E-state index contributed by atoms with van der Waals surface area (Å²) in [4.78, 5) is 49.2. The largest absolute Gasteiger partial charge is 0.505 e. The van der Waals surface area contributed by atoms with Crippen molar-refractivity contribution < 1.29 is 94.0 Å². The first-order valence-electron chi connectivity index (χ1n) is 21.2. The molecule has 0 saturated heterocycles. The lowest BCUT2D eigenvalue weighted by Gasteiger charge is -2.15. The first-order valence-corrected chi connectivity index (χ1v) is 24.1. The number of phenols is 2. The van der Waals surface area contributed by atoms with Crippen LogP contribution in [0.15, 0.2) is 115 Å². The predicted octanol–water partition coefficient (Wildman–Crippen LogP) is 8.68. The number of nitrogens with zero attached hydrogens (tertiary/aromatic N) is 4. The normalized spacial score (nSPS) is 11.7. The van der Waals surface area contributed by atoms with Crippen molar-refractivity contribution in [1.82, 2.24) is 0 Å². The van der Waals surface area contributed by atoms with Crippen molar-refractivity contribution in [1.29, 1.82) is 0 Å². The van der Waals surface area contributed by atoms with Gasteiger partial charge in [-0.3, -0.25) is 18.7 Å². The lowest BCUT2D eigenvalue weighted by atomic mass is 10.1. The first kappa shape index (κ1) is 54.1. The standard InChI is InChI=1S/C48H40N6O20S2/c1-69-31-19-29(47(59)60)35(43(73-5)41(31)71-3)51-53-37-33(75(63,64)65)17-23-15-25(11-13-27(23)39(37)55)49-45(57)21-7-9-22(10-8-21)46(58)50-26-12-14-28-24(16-26)18-34(76(66,67)68)38(40(28)56)54-52-36-30(48(61)62)20-32(70-2)42(72-4)44(36)74-6/h7-20,55-56H,1-6H3,(H,49,57)(H,50,58)(H,59,60)(H,61,62)(H,63,64,65)(H,66,67,68). The Kier molecular flexibility index (Phi) is 15.3. The highest BCUT2D eigenvalue weighted by molar-refractivity contribution is 7.86. The molecule has 0 bridgehead atoms. The van der Waals surface area contributed by atoms with Crippen LogP contribution in [-0.4, -0.2) is 113 Å². The van der Waals surface area contributed by atoms with Gasteiger partial charge >= 0.3 is 11.9 Å². The fourth-order valence-corrected chi connectivity index (χ4v) is 8.95. The van der Waals surface area contributed by atoms with Gasteiger partial charge < -0.3 is 59.5 Å². The summed E-state index contributed by atoms with van der Waals surface area (Å²) in [5.41, 5.74) is -3.25. The van der Waals surface area contributed by atoms with E-state index in [-0.39, 0.29) is 78.5 Å². The molecule has 8 N–H and O–H groups in total. The Balaban J connectivity index is 1.12. The molecule has 0 aliphatic carbocycles. The van der Waals surface area contributed by atoms with Crippen LogP contribution in [0.25, 0.3) is 21.5 Å². The van der Waals surface area contributed by atoms with Crippen molar-refractivity contribution in [2.75, 3.05) is 53.3 Å². The first-order chi connectivity index (χ1) is 36.0. The zero-order valence-electron chi connectivity index (χ0n) is 40.1. The molecule has 2 amide bonds. The number of amides is 2. The minimum Gasteiger partial charge on any atom is -0.505 e. The number of hydrogen-bond donors (Lipinski definition) is 8. The van der Waals surface area contributed by atoms with Crippen LogP contribution in [0.5, 0.6) is 46.0 Å². The number of phenolic OH excluding ortho intramolecular Hbond substituents is 2. The summed E-state index contributed by atoms with van der Waals surface area (Å²) < 4.78 is 102. The molecule has 7 aromatic rings. The second-order valence-corrected chi connectivity index (χ2v) is 18.3. The maximum atomic E-state index is 13.4. The third-order valence-corrected chi connectivity index (χ3v) is 12.9. The van der Waals surface area contributed by atoms with Gasteiger partial charge in [-0.05, 0) is 83.6 Å². The zero-order valence-corrected chi connectivity index (χ0v) is 41.7. The Morgan fingerprint density at radius 1 is 0.447 bits per heavy atom. The van der Waals surface area contributed by atoms with Gasteiger partial charge in [0.2, 0.25) is 11.5 Å². The number of carboxylic acid groups (broad SMARTS) is 2. The lowest BCUT2D eigenvalue weighted by Crippen LogP contribution is -2.14. The van der Waals surface area contributed by atoms with Gasteiger partial charge in [-0.25, -0.2) is 9.59 Å². The Morgan fingerprint density at radius 3 is 1.07 bits per heavy atom. The van der Waals surface area contributed by atoms with E-state index in [1.807, 2.05) is 0 Å². The molecule has 7 aromatic carbocycles. The number of benzene rings is 7. The minimum absolute atomic E-state index is 0.0175. The molecule has 0 spiro atoms. The quantitative estimate of drug-likeness (QED) is 0.0294. The molecule has 0 aromatic heterocycles. The molecule has 28 heteroatoms. The number of carbonyl (C=O) groups is 4. The number of anilines is 2. The van der Waals surface area contributed by atoms with E-state index in [4.69, 9.17) is 28.4 Å². The van der Waals surface area contributed by atoms with E-state index in [0.29, 0.717) is 0 Å². The average molecular weight is 1090 g/mol. The number of hydrogen-bond acceptors (Lipinski definition) is 20. The van der Waals surface area contributed by atoms with Crippen LogP contribution >= 0.6 is 0 Å². The second kappa shape index (κ2) is 21.4. The number of carboxylic acids is 2. The molecular formula is C48H40N6O20S2. The number of nitrogens with one attached hydrogen (secondary N) is 2. The molecule has 394 valence electrons. The van der Waals surface area contributed by atoms with Gasteiger partial charge in [0, 0.05) is 45.4 Å². The molecule has 0 unspecified atom stereocenters. The van der Waals surface area contributed by atoms with Crippen LogP contribution in [-0.2, 0) is 20.2 Å². The Bertz CT molecular complexity index is 3620. The van der Waals surface area contributed by atoms with Crippen LogP contribution in [0.1, 0.15) is 41.4 Å². The number of rotatable bonds is 18. The van der Waals surface area contributed by atoms with Crippen molar-refractivity contribution in [2.24, 2.45) is 20.5 Å². The third kappa shape index (κ3) is 10.6. The van der Waals surface area contributed by atoms with Crippen LogP contribution in [0, 0.1) is 0 Å². The monoisotopic (exact) mass is 1080 g/mol. The van der Waals surface area contributed by atoms with Crippen LogP contribution < -0.4 is 39.1 Å². The number of ether oxygens (including phenoxy) is 6. The molecule has 0 aliphatic rings. The van der Waals surface area contributed by atoms with E-state index >= 15 is 0 Å². The van der Waals surface area contributed by atoms with E-state index in [9.17, 15) is 65.5 Å². The van der Waals surface area contributed by atoms with Crippen molar-refractivity contribution >= 4 is 99.7 Å². The van der Waals surface area contributed by atoms with Gasteiger partial charge in [-0.15, -0.1) is 20.5 Å². The highest BCUT2D eigenvalue weighted by atomic mass is 32.2. The van der Waals surface area contributed by atoms with Crippen LogP contribution in [0.4, 0.5) is 34.1 Å².